The maximum Gasteiger partial charge on any atom is 0.281 e. The molecule has 4 aromatic rings. The lowest BCUT2D eigenvalue weighted by Crippen LogP contribution is -2.25. The molecule has 1 aromatic heterocycles. The number of ether oxygens (including phenoxy) is 3. The average Bonchev–Trinajstić information content (AvgIpc) is 3.26. The number of hydrogen-bond donors (Lipinski definition) is 0. The maximum atomic E-state index is 13.7. The highest BCUT2D eigenvalue weighted by atomic mass is 79.9. The van der Waals surface area contributed by atoms with E-state index in [2.05, 4.69) is 26.0 Å². The summed E-state index contributed by atoms with van der Waals surface area (Å²) in [7, 11) is 4.42. The summed E-state index contributed by atoms with van der Waals surface area (Å²) in [5.41, 5.74) is 1.58. The van der Waals surface area contributed by atoms with Gasteiger partial charge in [-0.05, 0) is 48.0 Å². The Bertz CT molecular complexity index is 1350. The minimum atomic E-state index is -0.479. The second-order valence-electron chi connectivity index (χ2n) is 6.94. The van der Waals surface area contributed by atoms with Gasteiger partial charge in [-0.2, -0.15) is 10.1 Å². The minimum Gasteiger partial charge on any atom is -0.493 e. The lowest BCUT2D eigenvalue weighted by Gasteiger charge is -2.17. The van der Waals surface area contributed by atoms with Crippen molar-refractivity contribution in [3.63, 3.8) is 0 Å². The molecule has 34 heavy (non-hydrogen) atoms. The van der Waals surface area contributed by atoms with Crippen molar-refractivity contribution in [2.24, 2.45) is 5.10 Å². The number of fused-ring (bicyclic) bond motifs is 1. The standard InChI is InChI=1S/C24H19BrFN3O4S/c1-31-19-10-15(11-20(32-2)22(19)33-3)23(30)29(27-13-14-4-6-16(25)7-5-14)24-28-18-9-8-17(26)12-21(18)34-24/h4-13H,1-3H3/b27-13+. The summed E-state index contributed by atoms with van der Waals surface area (Å²) in [5.74, 6) is 0.152. The van der Waals surface area contributed by atoms with Gasteiger partial charge in [0.1, 0.15) is 5.82 Å². The summed E-state index contributed by atoms with van der Waals surface area (Å²) < 4.78 is 31.4. The van der Waals surface area contributed by atoms with Crippen molar-refractivity contribution in [3.05, 3.63) is 76.0 Å². The van der Waals surface area contributed by atoms with E-state index in [4.69, 9.17) is 14.2 Å². The molecule has 0 N–H and O–H groups in total. The third-order valence-electron chi connectivity index (χ3n) is 4.82. The average molecular weight is 544 g/mol. The van der Waals surface area contributed by atoms with Gasteiger partial charge < -0.3 is 14.2 Å². The molecule has 0 atom stereocenters. The van der Waals surface area contributed by atoms with Crippen molar-refractivity contribution < 1.29 is 23.4 Å². The summed E-state index contributed by atoms with van der Waals surface area (Å²) >= 11 is 4.55. The number of methoxy groups -OCH3 is 3. The number of rotatable bonds is 7. The third kappa shape index (κ3) is 4.87. The second kappa shape index (κ2) is 10.2. The summed E-state index contributed by atoms with van der Waals surface area (Å²) in [5, 5.41) is 5.88. The zero-order valence-electron chi connectivity index (χ0n) is 18.4. The van der Waals surface area contributed by atoms with Gasteiger partial charge in [-0.3, -0.25) is 4.79 Å². The largest absolute Gasteiger partial charge is 0.493 e. The Labute approximate surface area is 207 Å². The molecule has 3 aromatic carbocycles. The number of nitrogens with zero attached hydrogens (tertiary/aromatic N) is 3. The molecule has 0 spiro atoms. The quantitative estimate of drug-likeness (QED) is 0.214. The predicted molar refractivity (Wildman–Crippen MR) is 134 cm³/mol. The highest BCUT2D eigenvalue weighted by molar-refractivity contribution is 9.10. The van der Waals surface area contributed by atoms with Gasteiger partial charge in [-0.15, -0.1) is 0 Å². The van der Waals surface area contributed by atoms with Crippen molar-refractivity contribution in [1.29, 1.82) is 0 Å². The molecule has 0 bridgehead atoms. The molecule has 0 unspecified atom stereocenters. The van der Waals surface area contributed by atoms with Crippen LogP contribution in [0.5, 0.6) is 17.2 Å². The number of anilines is 1. The SMILES string of the molecule is COc1cc(C(=O)N(/N=C/c2ccc(Br)cc2)c2nc3ccc(F)cc3s2)cc(OC)c1OC. The second-order valence-corrected chi connectivity index (χ2v) is 8.86. The Kier molecular flexibility index (Phi) is 7.09. The maximum absolute atomic E-state index is 13.7. The minimum absolute atomic E-state index is 0.243. The van der Waals surface area contributed by atoms with Crippen molar-refractivity contribution in [3.8, 4) is 17.2 Å². The van der Waals surface area contributed by atoms with Crippen molar-refractivity contribution in [1.82, 2.24) is 4.98 Å². The van der Waals surface area contributed by atoms with Gasteiger partial charge >= 0.3 is 0 Å². The monoisotopic (exact) mass is 543 g/mol. The number of amides is 1. The van der Waals surface area contributed by atoms with Gasteiger partial charge in [0, 0.05) is 10.0 Å². The molecule has 10 heteroatoms. The Balaban J connectivity index is 1.81. The van der Waals surface area contributed by atoms with Gasteiger partial charge in [-0.25, -0.2) is 9.37 Å². The van der Waals surface area contributed by atoms with Crippen LogP contribution >= 0.6 is 27.3 Å². The van der Waals surface area contributed by atoms with E-state index in [-0.39, 0.29) is 16.5 Å². The fourth-order valence-electron chi connectivity index (χ4n) is 3.17. The van der Waals surface area contributed by atoms with Crippen LogP contribution < -0.4 is 19.2 Å². The van der Waals surface area contributed by atoms with E-state index in [0.29, 0.717) is 27.5 Å². The first-order valence-electron chi connectivity index (χ1n) is 9.93. The van der Waals surface area contributed by atoms with Crippen LogP contribution in [0.1, 0.15) is 15.9 Å². The van der Waals surface area contributed by atoms with Crippen LogP contribution in [0.3, 0.4) is 0 Å². The van der Waals surface area contributed by atoms with E-state index in [1.165, 1.54) is 38.5 Å². The van der Waals surface area contributed by atoms with Crippen molar-refractivity contribution in [2.75, 3.05) is 26.3 Å². The Morgan fingerprint density at radius 1 is 1.03 bits per heavy atom. The van der Waals surface area contributed by atoms with Crippen LogP contribution in [0.2, 0.25) is 0 Å². The molecule has 7 nitrogen and oxygen atoms in total. The fraction of sp³-hybridized carbons (Fsp3) is 0.125. The Hall–Kier alpha value is -3.50. The molecule has 0 aliphatic heterocycles. The van der Waals surface area contributed by atoms with E-state index < -0.39 is 5.91 Å². The summed E-state index contributed by atoms with van der Waals surface area (Å²) in [6, 6.07) is 14.8. The molecule has 0 radical (unpaired) electrons. The molecule has 0 saturated heterocycles. The van der Waals surface area contributed by atoms with Crippen LogP contribution in [0.15, 0.2) is 64.2 Å². The summed E-state index contributed by atoms with van der Waals surface area (Å²) in [6.45, 7) is 0. The number of hydrogen-bond acceptors (Lipinski definition) is 7. The lowest BCUT2D eigenvalue weighted by atomic mass is 10.1. The Morgan fingerprint density at radius 3 is 2.32 bits per heavy atom. The zero-order valence-corrected chi connectivity index (χ0v) is 20.8. The van der Waals surface area contributed by atoms with E-state index in [0.717, 1.165) is 21.4 Å². The summed E-state index contributed by atoms with van der Waals surface area (Å²) in [4.78, 5) is 18.1. The topological polar surface area (TPSA) is 73.2 Å². The molecule has 0 aliphatic carbocycles. The predicted octanol–water partition coefficient (Wildman–Crippen LogP) is 5.90. The van der Waals surface area contributed by atoms with Crippen molar-refractivity contribution >= 4 is 54.7 Å². The number of aromatic nitrogens is 1. The van der Waals surface area contributed by atoms with E-state index in [1.807, 2.05) is 24.3 Å². The molecular formula is C24H19BrFN3O4S. The molecule has 4 rings (SSSR count). The number of halogens is 2. The van der Waals surface area contributed by atoms with Crippen LogP contribution in [0, 0.1) is 5.82 Å². The van der Waals surface area contributed by atoms with Gasteiger partial charge in [0.15, 0.2) is 11.5 Å². The van der Waals surface area contributed by atoms with Gasteiger partial charge in [0.05, 0.1) is 37.8 Å². The van der Waals surface area contributed by atoms with Crippen LogP contribution in [0.4, 0.5) is 9.52 Å². The molecule has 1 heterocycles. The van der Waals surface area contributed by atoms with Crippen LogP contribution in [-0.4, -0.2) is 38.4 Å². The molecule has 0 saturated carbocycles. The molecular weight excluding hydrogens is 525 g/mol. The normalized spacial score (nSPS) is 11.1. The molecule has 174 valence electrons. The van der Waals surface area contributed by atoms with E-state index >= 15 is 0 Å². The number of hydrazone groups is 1. The number of benzene rings is 3. The van der Waals surface area contributed by atoms with Gasteiger partial charge in [-0.1, -0.05) is 39.4 Å². The highest BCUT2D eigenvalue weighted by Gasteiger charge is 2.24. The summed E-state index contributed by atoms with van der Waals surface area (Å²) in [6.07, 6.45) is 1.55. The van der Waals surface area contributed by atoms with Crippen LogP contribution in [-0.2, 0) is 0 Å². The molecule has 1 amide bonds. The zero-order chi connectivity index (χ0) is 24.2. The third-order valence-corrected chi connectivity index (χ3v) is 6.34. The van der Waals surface area contributed by atoms with E-state index in [9.17, 15) is 9.18 Å². The first kappa shape index (κ1) is 23.7. The first-order chi connectivity index (χ1) is 16.4. The number of thiazole rings is 1. The highest BCUT2D eigenvalue weighted by Crippen LogP contribution is 2.39. The Morgan fingerprint density at radius 2 is 1.71 bits per heavy atom. The van der Waals surface area contributed by atoms with Crippen LogP contribution in [0.25, 0.3) is 10.2 Å². The van der Waals surface area contributed by atoms with Gasteiger partial charge in [0.2, 0.25) is 10.9 Å². The van der Waals surface area contributed by atoms with Crippen molar-refractivity contribution in [2.45, 2.75) is 0 Å². The number of carbonyl (C=O) groups is 1. The molecule has 0 aliphatic rings. The fourth-order valence-corrected chi connectivity index (χ4v) is 4.38. The van der Waals surface area contributed by atoms with Gasteiger partial charge in [0.25, 0.3) is 5.91 Å². The van der Waals surface area contributed by atoms with E-state index in [1.54, 1.807) is 24.4 Å². The lowest BCUT2D eigenvalue weighted by molar-refractivity contribution is 0.0987. The smallest absolute Gasteiger partial charge is 0.281 e. The first-order valence-corrected chi connectivity index (χ1v) is 11.5. The molecule has 0 fully saturated rings. The number of carbonyl (C=O) groups excluding carboxylic acids is 1.